The zero-order valence-electron chi connectivity index (χ0n) is 16.7. The molecule has 7 nitrogen and oxygen atoms in total. The van der Waals surface area contributed by atoms with Crippen LogP contribution in [0, 0.1) is 0 Å². The Hall–Kier alpha value is 0.401. The lowest BCUT2D eigenvalue weighted by Crippen LogP contribution is -2.52. The fourth-order valence-electron chi connectivity index (χ4n) is 1.98. The Labute approximate surface area is 151 Å². The van der Waals surface area contributed by atoms with E-state index in [0.717, 1.165) is 0 Å². The highest BCUT2D eigenvalue weighted by atomic mass is 32.3. The summed E-state index contributed by atoms with van der Waals surface area (Å²) in [6.07, 6.45) is 0.484. The molecule has 0 rings (SSSR count). The summed E-state index contributed by atoms with van der Waals surface area (Å²) in [6, 6.07) is 0.983. The number of nitrogens with two attached hydrogens (primary N) is 1. The average Bonchev–Trinajstić information content (AvgIpc) is 2.16. The average molecular weight is 420 g/mol. The van der Waals surface area contributed by atoms with Crippen molar-refractivity contribution in [1.82, 2.24) is 0 Å². The molecule has 0 unspecified atom stereocenters. The first-order valence-corrected chi connectivity index (χ1v) is 18.8. The highest BCUT2D eigenvalue weighted by Crippen LogP contribution is 2.25. The van der Waals surface area contributed by atoms with Crippen LogP contribution in [-0.2, 0) is 22.8 Å². The van der Waals surface area contributed by atoms with Crippen LogP contribution in [-0.4, -0.2) is 50.8 Å². The fraction of sp³-hybridized carbons (Fsp3) is 1.00. The van der Waals surface area contributed by atoms with Gasteiger partial charge in [-0.3, -0.25) is 4.55 Å². The molecule has 0 radical (unpaired) electrons. The molecule has 11 heteroatoms. The summed E-state index contributed by atoms with van der Waals surface area (Å²) in [6.45, 7) is 18.5. The zero-order valence-corrected chi connectivity index (χ0v) is 20.5. The molecule has 0 fully saturated rings. The summed E-state index contributed by atoms with van der Waals surface area (Å²) in [5, 5.41) is 0. The van der Waals surface area contributed by atoms with Gasteiger partial charge in [0.15, 0.2) is 16.6 Å². The maximum Gasteiger partial charge on any atom is 0.397 e. The van der Waals surface area contributed by atoms with Gasteiger partial charge < -0.3 is 14.0 Å². The molecule has 0 aromatic carbocycles. The summed E-state index contributed by atoms with van der Waals surface area (Å²) in [7, 11) is -10.2. The molecule has 0 spiro atoms. The molecule has 0 amide bonds. The second-order valence-corrected chi connectivity index (χ2v) is 22.1. The predicted octanol–water partition coefficient (Wildman–Crippen LogP) is 3.32. The van der Waals surface area contributed by atoms with Crippen molar-refractivity contribution in [3.63, 3.8) is 0 Å². The highest BCUT2D eigenvalue weighted by molar-refractivity contribution is 7.80. The number of hydrogen-bond acceptors (Lipinski definition) is 6. The first kappa shape index (κ1) is 26.6. The van der Waals surface area contributed by atoms with Crippen LogP contribution in [0.25, 0.3) is 0 Å². The van der Waals surface area contributed by atoms with Gasteiger partial charge >= 0.3 is 19.0 Å². The van der Waals surface area contributed by atoms with Gasteiger partial charge in [0.05, 0.1) is 6.61 Å². The Bertz CT molecular complexity index is 427. The molecule has 0 aliphatic carbocycles. The number of rotatable bonds is 9. The van der Waals surface area contributed by atoms with Crippen molar-refractivity contribution in [2.24, 2.45) is 5.73 Å². The summed E-state index contributed by atoms with van der Waals surface area (Å²) in [5.74, 6) is 0. The Morgan fingerprint density at radius 3 is 1.54 bits per heavy atom. The van der Waals surface area contributed by atoms with E-state index in [1.54, 1.807) is 0 Å². The third-order valence-corrected chi connectivity index (χ3v) is 12.1. The van der Waals surface area contributed by atoms with Crippen LogP contribution in [0.2, 0.25) is 51.9 Å². The van der Waals surface area contributed by atoms with Crippen LogP contribution in [0.1, 0.15) is 20.3 Å². The maximum absolute atomic E-state index is 10.5. The van der Waals surface area contributed by atoms with Crippen molar-refractivity contribution < 1.29 is 25.4 Å². The van der Waals surface area contributed by atoms with E-state index in [9.17, 15) is 8.42 Å². The van der Waals surface area contributed by atoms with E-state index in [2.05, 4.69) is 43.5 Å². The second-order valence-electron chi connectivity index (χ2n) is 8.16. The predicted molar refractivity (Wildman–Crippen MR) is 107 cm³/mol. The van der Waals surface area contributed by atoms with E-state index in [1.807, 2.05) is 20.4 Å². The summed E-state index contributed by atoms with van der Waals surface area (Å²) < 4.78 is 46.4. The van der Waals surface area contributed by atoms with Gasteiger partial charge in [-0.25, -0.2) is 4.18 Å². The summed E-state index contributed by atoms with van der Waals surface area (Å²) in [4.78, 5) is 0. The van der Waals surface area contributed by atoms with Crippen molar-refractivity contribution in [1.29, 1.82) is 0 Å². The topological polar surface area (TPSA) is 108 Å². The molecule has 0 bridgehead atoms. The van der Waals surface area contributed by atoms with Crippen LogP contribution < -0.4 is 5.73 Å². The molecule has 0 saturated heterocycles. The third kappa shape index (κ3) is 22.4. The second kappa shape index (κ2) is 10.5. The SMILES string of the molecule is CC(C)N.C[Si](C)(C)O[Si](C)(CCCOS(=O)(=O)O)O[Si](C)(C)C. The lowest BCUT2D eigenvalue weighted by atomic mass is 10.5. The van der Waals surface area contributed by atoms with Gasteiger partial charge in [0.2, 0.25) is 0 Å². The molecule has 0 aromatic heterocycles. The fourth-order valence-corrected chi connectivity index (χ4v) is 14.8. The van der Waals surface area contributed by atoms with Gasteiger partial charge in [-0.2, -0.15) is 8.42 Å². The smallest absolute Gasteiger partial charge is 0.397 e. The van der Waals surface area contributed by atoms with Crippen molar-refractivity contribution in [3.8, 4) is 0 Å². The first-order chi connectivity index (χ1) is 10.4. The molecule has 0 saturated carbocycles. The highest BCUT2D eigenvalue weighted by Gasteiger charge is 2.39. The summed E-state index contributed by atoms with van der Waals surface area (Å²) >= 11 is 0. The van der Waals surface area contributed by atoms with Gasteiger partial charge in [-0.15, -0.1) is 0 Å². The third-order valence-electron chi connectivity index (χ3n) is 2.05. The normalized spacial score (nSPS) is 13.7. The van der Waals surface area contributed by atoms with Crippen molar-refractivity contribution >= 4 is 35.6 Å². The zero-order chi connectivity index (χ0) is 19.8. The van der Waals surface area contributed by atoms with E-state index in [-0.39, 0.29) is 6.61 Å². The monoisotopic (exact) mass is 419 g/mol. The van der Waals surface area contributed by atoms with Gasteiger partial charge in [0, 0.05) is 0 Å². The van der Waals surface area contributed by atoms with E-state index < -0.39 is 35.6 Å². The molecule has 0 aliphatic rings. The van der Waals surface area contributed by atoms with Gasteiger partial charge in [0.1, 0.15) is 0 Å². The van der Waals surface area contributed by atoms with Gasteiger partial charge in [0.25, 0.3) is 0 Å². The lowest BCUT2D eigenvalue weighted by molar-refractivity contribution is 0.264. The quantitative estimate of drug-likeness (QED) is 0.335. The minimum atomic E-state index is -4.36. The molecule has 3 N–H and O–H groups in total. The van der Waals surface area contributed by atoms with E-state index in [4.69, 9.17) is 18.5 Å². The molecule has 0 aromatic rings. The molecule has 24 heavy (non-hydrogen) atoms. The van der Waals surface area contributed by atoms with E-state index >= 15 is 0 Å². The number of hydrogen-bond donors (Lipinski definition) is 2. The van der Waals surface area contributed by atoms with Crippen LogP contribution >= 0.6 is 0 Å². The summed E-state index contributed by atoms with van der Waals surface area (Å²) in [5.41, 5.74) is 5.11. The van der Waals surface area contributed by atoms with Gasteiger partial charge in [-0.1, -0.05) is 13.8 Å². The minimum absolute atomic E-state index is 0.0501. The molecular formula is C13H37NO6SSi3. The maximum atomic E-state index is 10.5. The van der Waals surface area contributed by atoms with Crippen LogP contribution in [0.4, 0.5) is 0 Å². The standard InChI is InChI=1S/C10H28O6SSi3.C3H9N/c1-18(2,3)15-20(7,16-19(4,5)6)10-8-9-14-17(11,12)13;1-3(2)4/h8-10H2,1-7H3,(H,11,12,13);3H,4H2,1-2H3. The van der Waals surface area contributed by atoms with Crippen molar-refractivity contribution in [2.75, 3.05) is 6.61 Å². The Morgan fingerprint density at radius 1 is 0.958 bits per heavy atom. The molecule has 0 atom stereocenters. The van der Waals surface area contributed by atoms with Crippen molar-refractivity contribution in [2.45, 2.75) is 78.2 Å². The molecule has 148 valence electrons. The Balaban J connectivity index is 0. The Kier molecular flexibility index (Phi) is 11.7. The minimum Gasteiger partial charge on any atom is -0.437 e. The first-order valence-electron chi connectivity index (χ1n) is 8.13. The van der Waals surface area contributed by atoms with E-state index in [0.29, 0.717) is 18.5 Å². The van der Waals surface area contributed by atoms with Crippen LogP contribution in [0.5, 0.6) is 0 Å². The molecular weight excluding hydrogens is 382 g/mol. The Morgan fingerprint density at radius 2 is 1.29 bits per heavy atom. The lowest BCUT2D eigenvalue weighted by Gasteiger charge is -2.38. The van der Waals surface area contributed by atoms with Crippen LogP contribution in [0.3, 0.4) is 0 Å². The van der Waals surface area contributed by atoms with E-state index in [1.165, 1.54) is 0 Å². The molecule has 0 aliphatic heterocycles. The van der Waals surface area contributed by atoms with Gasteiger partial charge in [-0.05, 0) is 64.3 Å². The van der Waals surface area contributed by atoms with Crippen LogP contribution in [0.15, 0.2) is 0 Å². The molecule has 0 heterocycles. The largest absolute Gasteiger partial charge is 0.437 e. The van der Waals surface area contributed by atoms with Crippen molar-refractivity contribution in [3.05, 3.63) is 0 Å².